The normalized spacial score (nSPS) is 25.1. The van der Waals surface area contributed by atoms with Gasteiger partial charge in [0.15, 0.2) is 5.13 Å². The summed E-state index contributed by atoms with van der Waals surface area (Å²) in [7, 11) is 0. The zero-order valence-corrected chi connectivity index (χ0v) is 17.0. The highest BCUT2D eigenvalue weighted by molar-refractivity contribution is 7.14. The fraction of sp³-hybridized carbons (Fsp3) is 0.550. The Kier molecular flexibility index (Phi) is 5.32. The van der Waals surface area contributed by atoms with Gasteiger partial charge in [-0.2, -0.15) is 0 Å². The number of nitrogens with one attached hydrogen (secondary N) is 1. The maximum atomic E-state index is 13.3. The molecular formula is C20H24N2O3S2. The summed E-state index contributed by atoms with van der Waals surface area (Å²) in [6.45, 7) is 2.15. The summed E-state index contributed by atoms with van der Waals surface area (Å²) in [5.74, 6) is 0.657. The Hall–Kier alpha value is -1.73. The maximum absolute atomic E-state index is 13.3. The van der Waals surface area contributed by atoms with Gasteiger partial charge < -0.3 is 10.1 Å². The molecule has 144 valence electrons. The lowest BCUT2D eigenvalue weighted by Crippen LogP contribution is -2.31. The van der Waals surface area contributed by atoms with Crippen molar-refractivity contribution >= 4 is 39.7 Å². The minimum Gasteiger partial charge on any atom is -0.462 e. The lowest BCUT2D eigenvalue weighted by molar-refractivity contribution is -0.119. The lowest BCUT2D eigenvalue weighted by atomic mass is 9.82. The number of aromatic nitrogens is 1. The second-order valence-electron chi connectivity index (χ2n) is 7.36. The molecule has 2 aliphatic rings. The van der Waals surface area contributed by atoms with Crippen LogP contribution in [-0.4, -0.2) is 23.5 Å². The predicted molar refractivity (Wildman–Crippen MR) is 107 cm³/mol. The van der Waals surface area contributed by atoms with E-state index in [-0.39, 0.29) is 11.9 Å². The first-order chi connectivity index (χ1) is 13.1. The molecule has 0 aromatic carbocycles. The van der Waals surface area contributed by atoms with Crippen LogP contribution in [0.2, 0.25) is 0 Å². The number of anilines is 1. The smallest absolute Gasteiger partial charge is 0.348 e. The zero-order valence-electron chi connectivity index (χ0n) is 15.4. The third-order valence-corrected chi connectivity index (χ3v) is 7.75. The van der Waals surface area contributed by atoms with E-state index in [2.05, 4.69) is 10.3 Å². The summed E-state index contributed by atoms with van der Waals surface area (Å²) in [5, 5.41) is 5.51. The molecule has 0 unspecified atom stereocenters. The number of hydrogen-bond donors (Lipinski definition) is 1. The first-order valence-corrected chi connectivity index (χ1v) is 11.3. The number of thiophene rings is 1. The van der Waals surface area contributed by atoms with Crippen molar-refractivity contribution in [2.45, 2.75) is 50.9 Å². The van der Waals surface area contributed by atoms with Crippen LogP contribution in [0.15, 0.2) is 23.7 Å². The Morgan fingerprint density at radius 2 is 2.11 bits per heavy atom. The first kappa shape index (κ1) is 18.6. The van der Waals surface area contributed by atoms with E-state index in [1.54, 1.807) is 19.2 Å². The molecule has 2 atom stereocenters. The highest BCUT2D eigenvalue weighted by atomic mass is 32.1. The molecule has 2 fully saturated rings. The van der Waals surface area contributed by atoms with Gasteiger partial charge in [-0.05, 0) is 37.3 Å². The summed E-state index contributed by atoms with van der Waals surface area (Å²) in [5.41, 5.74) is -0.525. The number of esters is 1. The number of amides is 1. The van der Waals surface area contributed by atoms with Crippen LogP contribution in [0.3, 0.4) is 0 Å². The minimum atomic E-state index is -0.525. The molecule has 2 aliphatic carbocycles. The van der Waals surface area contributed by atoms with E-state index in [0.717, 1.165) is 11.3 Å². The number of carbonyl (C=O) groups is 2. The van der Waals surface area contributed by atoms with Gasteiger partial charge in [0, 0.05) is 16.5 Å². The molecule has 27 heavy (non-hydrogen) atoms. The maximum Gasteiger partial charge on any atom is 0.348 e. The molecule has 1 N–H and O–H groups in total. The third-order valence-electron chi connectivity index (χ3n) is 5.81. The van der Waals surface area contributed by atoms with Gasteiger partial charge in [0.1, 0.15) is 4.88 Å². The molecule has 2 heterocycles. The van der Waals surface area contributed by atoms with E-state index in [4.69, 9.17) is 4.74 Å². The third kappa shape index (κ3) is 3.55. The molecule has 7 heteroatoms. The predicted octanol–water partition coefficient (Wildman–Crippen LogP) is 4.86. The largest absolute Gasteiger partial charge is 0.462 e. The molecule has 0 aliphatic heterocycles. The number of hydrogen-bond acceptors (Lipinski definition) is 6. The van der Waals surface area contributed by atoms with Gasteiger partial charge in [-0.3, -0.25) is 4.79 Å². The van der Waals surface area contributed by atoms with E-state index in [1.165, 1.54) is 54.8 Å². The Labute approximate surface area is 167 Å². The summed E-state index contributed by atoms with van der Waals surface area (Å²) < 4.78 is 5.13. The highest BCUT2D eigenvalue weighted by Crippen LogP contribution is 2.62. The van der Waals surface area contributed by atoms with Crippen molar-refractivity contribution in [2.75, 3.05) is 11.9 Å². The van der Waals surface area contributed by atoms with Crippen LogP contribution < -0.4 is 5.32 Å². The summed E-state index contributed by atoms with van der Waals surface area (Å²) in [6, 6.07) is 3.74. The van der Waals surface area contributed by atoms with Crippen molar-refractivity contribution in [1.29, 1.82) is 0 Å². The average molecular weight is 405 g/mol. The number of ether oxygens (including phenoxy) is 1. The van der Waals surface area contributed by atoms with Gasteiger partial charge in [0.25, 0.3) is 0 Å². The summed E-state index contributed by atoms with van der Waals surface area (Å²) >= 11 is 2.84. The fourth-order valence-electron chi connectivity index (χ4n) is 4.43. The molecule has 5 nitrogen and oxygen atoms in total. The van der Waals surface area contributed by atoms with E-state index < -0.39 is 5.41 Å². The number of nitrogens with zero attached hydrogens (tertiary/aromatic N) is 1. The van der Waals surface area contributed by atoms with Crippen molar-refractivity contribution in [2.24, 2.45) is 11.8 Å². The van der Waals surface area contributed by atoms with E-state index in [9.17, 15) is 9.59 Å². The molecular weight excluding hydrogens is 380 g/mol. The van der Waals surface area contributed by atoms with Crippen molar-refractivity contribution < 1.29 is 14.3 Å². The number of carbonyl (C=O) groups excluding carboxylic acids is 2. The molecule has 2 saturated carbocycles. The first-order valence-electron chi connectivity index (χ1n) is 9.63. The van der Waals surface area contributed by atoms with Crippen LogP contribution in [-0.2, 0) is 14.9 Å². The van der Waals surface area contributed by atoms with Gasteiger partial charge in [-0.1, -0.05) is 32.1 Å². The molecule has 2 aromatic heterocycles. The quantitative estimate of drug-likeness (QED) is 0.698. The molecule has 2 aromatic rings. The number of rotatable bonds is 6. The van der Waals surface area contributed by atoms with Gasteiger partial charge in [-0.15, -0.1) is 22.7 Å². The van der Waals surface area contributed by atoms with Gasteiger partial charge >= 0.3 is 5.97 Å². The Morgan fingerprint density at radius 1 is 1.30 bits per heavy atom. The molecule has 4 rings (SSSR count). The standard InChI is InChI=1S/C20H24N2O3S2/c1-2-25-17(23)15-8-9-16(27-15)20(18(24)22-19-21-10-11-26-19)12-14(20)13-6-4-3-5-7-13/h8-11,13-14H,2-7,12H2,1H3,(H,21,22,24)/t14-,20+/m0/s1. The van der Waals surface area contributed by atoms with Crippen LogP contribution in [0.25, 0.3) is 0 Å². The van der Waals surface area contributed by atoms with E-state index in [0.29, 0.717) is 28.5 Å². The topological polar surface area (TPSA) is 68.3 Å². The summed E-state index contributed by atoms with van der Waals surface area (Å²) in [6.07, 6.45) is 8.77. The van der Waals surface area contributed by atoms with Crippen LogP contribution in [0, 0.1) is 11.8 Å². The lowest BCUT2D eigenvalue weighted by Gasteiger charge is -2.25. The highest BCUT2D eigenvalue weighted by Gasteiger charge is 2.64. The van der Waals surface area contributed by atoms with Crippen LogP contribution in [0.4, 0.5) is 5.13 Å². The van der Waals surface area contributed by atoms with Gasteiger partial charge in [0.05, 0.1) is 12.0 Å². The molecule has 0 radical (unpaired) electrons. The van der Waals surface area contributed by atoms with E-state index in [1.807, 2.05) is 11.4 Å². The molecule has 0 spiro atoms. The SMILES string of the molecule is CCOC(=O)c1ccc([C@@]2(C(=O)Nc3nccs3)C[C@H]2C2CCCCC2)s1. The fourth-order valence-corrected chi connectivity index (χ4v) is 6.12. The monoisotopic (exact) mass is 404 g/mol. The van der Waals surface area contributed by atoms with E-state index >= 15 is 0 Å². The van der Waals surface area contributed by atoms with Gasteiger partial charge in [-0.25, -0.2) is 9.78 Å². The van der Waals surface area contributed by atoms with Crippen molar-refractivity contribution in [1.82, 2.24) is 4.98 Å². The van der Waals surface area contributed by atoms with Crippen molar-refractivity contribution in [3.8, 4) is 0 Å². The Morgan fingerprint density at radius 3 is 2.81 bits per heavy atom. The number of thiazole rings is 1. The zero-order chi connectivity index (χ0) is 18.9. The Balaban J connectivity index is 1.61. The van der Waals surface area contributed by atoms with Crippen LogP contribution >= 0.6 is 22.7 Å². The molecule has 0 bridgehead atoms. The summed E-state index contributed by atoms with van der Waals surface area (Å²) in [4.78, 5) is 31.1. The molecule has 1 amide bonds. The van der Waals surface area contributed by atoms with Crippen molar-refractivity contribution in [3.63, 3.8) is 0 Å². The second-order valence-corrected chi connectivity index (χ2v) is 9.33. The second kappa shape index (κ2) is 7.72. The average Bonchev–Trinajstić information content (AvgIpc) is 3.01. The van der Waals surface area contributed by atoms with Gasteiger partial charge in [0.2, 0.25) is 5.91 Å². The minimum absolute atomic E-state index is 0.0188. The molecule has 0 saturated heterocycles. The Bertz CT molecular complexity index is 811. The van der Waals surface area contributed by atoms with Crippen molar-refractivity contribution in [3.05, 3.63) is 33.5 Å². The van der Waals surface area contributed by atoms with Crippen LogP contribution in [0.5, 0.6) is 0 Å². The van der Waals surface area contributed by atoms with Crippen LogP contribution in [0.1, 0.15) is 60.0 Å².